The fourth-order valence-corrected chi connectivity index (χ4v) is 15.6. The number of benzene rings is 2. The quantitative estimate of drug-likeness (QED) is 0.0950. The third-order valence-electron chi connectivity index (χ3n) is 8.19. The van der Waals surface area contributed by atoms with Gasteiger partial charge in [0.2, 0.25) is 0 Å². The van der Waals surface area contributed by atoms with Gasteiger partial charge < -0.3 is 14.9 Å². The van der Waals surface area contributed by atoms with Crippen molar-refractivity contribution in [2.24, 2.45) is 5.92 Å². The molecule has 45 heavy (non-hydrogen) atoms. The van der Waals surface area contributed by atoms with E-state index in [-0.39, 0.29) is 47.9 Å². The van der Waals surface area contributed by atoms with E-state index >= 15 is 0 Å². The Morgan fingerprint density at radius 3 is 1.29 bits per heavy atom. The number of alkyl halides is 6. The Morgan fingerprint density at radius 2 is 1.00 bits per heavy atom. The summed E-state index contributed by atoms with van der Waals surface area (Å²) in [6, 6.07) is 10.6. The molecule has 2 unspecified atom stereocenters. The predicted octanol–water partition coefficient (Wildman–Crippen LogP) is 12.4. The van der Waals surface area contributed by atoms with Crippen molar-refractivity contribution in [2.75, 3.05) is 0 Å². The average Bonchev–Trinajstić information content (AvgIpc) is 3.58. The van der Waals surface area contributed by atoms with Gasteiger partial charge >= 0.3 is 29.4 Å². The van der Waals surface area contributed by atoms with E-state index in [0.717, 1.165) is 54.1 Å². The first kappa shape index (κ1) is 44.1. The summed E-state index contributed by atoms with van der Waals surface area (Å²) in [4.78, 5) is 0. The van der Waals surface area contributed by atoms with Crippen molar-refractivity contribution in [3.8, 4) is 0 Å². The molecule has 0 radical (unpaired) electrons. The van der Waals surface area contributed by atoms with Crippen LogP contribution in [0.5, 0.6) is 0 Å². The van der Waals surface area contributed by atoms with Gasteiger partial charge in [0, 0.05) is 0 Å². The molecule has 0 heterocycles. The molecule has 4 rings (SSSR count). The van der Waals surface area contributed by atoms with E-state index in [4.69, 9.17) is 0 Å². The zero-order chi connectivity index (χ0) is 31.5. The Labute approximate surface area is 282 Å². The van der Waals surface area contributed by atoms with Crippen LogP contribution in [0.4, 0.5) is 26.3 Å². The number of halogens is 6. The fraction of sp³-hybridized carbons (Fsp3) is 0.556. The Balaban J connectivity index is 0.00000220. The second kappa shape index (κ2) is 17.5. The van der Waals surface area contributed by atoms with E-state index in [1.54, 1.807) is 24.3 Å². The van der Waals surface area contributed by atoms with Gasteiger partial charge in [-0.05, 0) is 102 Å². The van der Waals surface area contributed by atoms with Crippen LogP contribution in [-0.2, 0) is 29.4 Å². The standard InChI is InChI=1S/C29H38F6P2.C5H8.2CH3.Fe/c1-19(37(26(2,3)4)27(5,6)7)24-9-8-10-25(24)36(22-15-11-20(12-16-22)28(30,31)32)23-17-13-21(14-18-23)29(33,34)35;1-2-4-5-3-1;;;/h11-19,24-25H,8-10H2,1-7H3;1-2H,3-5H2;2*1H3;/q;;2*-1;+2/t19-,24?,25?;;;;/m0..../s1. The molecular weight excluding hydrogens is 664 g/mol. The van der Waals surface area contributed by atoms with E-state index in [1.165, 1.54) is 19.3 Å². The molecule has 2 aliphatic rings. The van der Waals surface area contributed by atoms with E-state index in [1.807, 2.05) is 0 Å². The second-order valence-electron chi connectivity index (χ2n) is 13.5. The van der Waals surface area contributed by atoms with Crippen molar-refractivity contribution in [1.29, 1.82) is 0 Å². The molecule has 3 atom stereocenters. The average molecular weight is 717 g/mol. The van der Waals surface area contributed by atoms with Gasteiger partial charge in [0.05, 0.1) is 11.1 Å². The molecule has 1 fully saturated rings. The monoisotopic (exact) mass is 716 g/mol. The molecule has 0 aliphatic heterocycles. The normalized spacial score (nSPS) is 19.3. The number of allylic oxidation sites excluding steroid dienone is 2. The van der Waals surface area contributed by atoms with Gasteiger partial charge in [-0.1, -0.05) is 99.2 Å². The largest absolute Gasteiger partial charge is 2.00 e. The molecule has 1 saturated carbocycles. The van der Waals surface area contributed by atoms with Crippen LogP contribution < -0.4 is 10.6 Å². The third-order valence-corrected chi connectivity index (χ3v) is 15.3. The molecule has 0 bridgehead atoms. The fourth-order valence-electron chi connectivity index (χ4n) is 7.02. The summed E-state index contributed by atoms with van der Waals surface area (Å²) in [7, 11) is -1.57. The van der Waals surface area contributed by atoms with Crippen LogP contribution in [0.1, 0.15) is 98.1 Å². The smallest absolute Gasteiger partial charge is 0.358 e. The molecule has 0 amide bonds. The SMILES string of the molecule is C1=CCCC1.C[C@@H](C1CCCC1P(c1ccc(C(F)(F)F)cc1)c1ccc(C(F)(F)F)cc1)P(C(C)(C)C)C(C)(C)C.[CH3-].[CH3-].[Fe+2]. The Bertz CT molecular complexity index is 1080. The minimum Gasteiger partial charge on any atom is -0.358 e. The molecule has 0 nitrogen and oxygen atoms in total. The predicted molar refractivity (Wildman–Crippen MR) is 182 cm³/mol. The summed E-state index contributed by atoms with van der Waals surface area (Å²) in [5.74, 6) is 0.361. The third kappa shape index (κ3) is 12.0. The van der Waals surface area contributed by atoms with E-state index < -0.39 is 39.3 Å². The molecule has 2 aromatic rings. The topological polar surface area (TPSA) is 0 Å². The van der Waals surface area contributed by atoms with Crippen LogP contribution in [0.2, 0.25) is 0 Å². The summed E-state index contributed by atoms with van der Waals surface area (Å²) in [6.45, 7) is 16.1. The minimum absolute atomic E-state index is 0. The van der Waals surface area contributed by atoms with Crippen molar-refractivity contribution in [3.63, 3.8) is 0 Å². The van der Waals surface area contributed by atoms with Crippen LogP contribution >= 0.6 is 15.8 Å². The molecular formula is C36H52F6FeP2. The van der Waals surface area contributed by atoms with E-state index in [0.29, 0.717) is 11.6 Å². The van der Waals surface area contributed by atoms with Gasteiger partial charge in [0.1, 0.15) is 0 Å². The molecule has 0 saturated heterocycles. The van der Waals surface area contributed by atoms with Gasteiger partial charge in [-0.3, -0.25) is 0 Å². The Kier molecular flexibility index (Phi) is 17.2. The second-order valence-corrected chi connectivity index (χ2v) is 20.1. The van der Waals surface area contributed by atoms with Gasteiger partial charge in [0.25, 0.3) is 0 Å². The van der Waals surface area contributed by atoms with Crippen molar-refractivity contribution in [1.82, 2.24) is 0 Å². The van der Waals surface area contributed by atoms with Gasteiger partial charge in [-0.15, -0.1) is 0 Å². The Hall–Kier alpha value is -0.861. The van der Waals surface area contributed by atoms with Crippen LogP contribution in [0.25, 0.3) is 0 Å². The van der Waals surface area contributed by atoms with E-state index in [9.17, 15) is 26.3 Å². The van der Waals surface area contributed by atoms with Crippen molar-refractivity contribution in [3.05, 3.63) is 86.7 Å². The summed E-state index contributed by atoms with van der Waals surface area (Å²) in [5.41, 5.74) is -0.803. The maximum absolute atomic E-state index is 13.3. The zero-order valence-corrected chi connectivity index (χ0v) is 31.2. The van der Waals surface area contributed by atoms with Crippen molar-refractivity contribution in [2.45, 2.75) is 121 Å². The summed E-state index contributed by atoms with van der Waals surface area (Å²) < 4.78 is 79.7. The van der Waals surface area contributed by atoms with Gasteiger partial charge in [-0.2, -0.15) is 26.3 Å². The number of hydrogen-bond acceptors (Lipinski definition) is 0. The van der Waals surface area contributed by atoms with Crippen molar-refractivity contribution >= 4 is 26.5 Å². The number of rotatable bonds is 5. The van der Waals surface area contributed by atoms with Gasteiger partial charge in [-0.25, -0.2) is 0 Å². The van der Waals surface area contributed by atoms with E-state index in [2.05, 4.69) is 60.6 Å². The number of hydrogen-bond donors (Lipinski definition) is 0. The zero-order valence-electron chi connectivity index (χ0n) is 28.3. The van der Waals surface area contributed by atoms with Crippen LogP contribution in [0.15, 0.2) is 60.7 Å². The first-order chi connectivity index (χ1) is 19.3. The van der Waals surface area contributed by atoms with Crippen molar-refractivity contribution < 1.29 is 43.4 Å². The van der Waals surface area contributed by atoms with Crippen LogP contribution in [0, 0.1) is 20.8 Å². The first-order valence-corrected chi connectivity index (χ1v) is 17.7. The summed E-state index contributed by atoms with van der Waals surface area (Å²) >= 11 is 0. The first-order valence-electron chi connectivity index (χ1n) is 14.9. The molecule has 256 valence electrons. The molecule has 0 N–H and O–H groups in total. The summed E-state index contributed by atoms with van der Waals surface area (Å²) in [6.07, 6.45) is 2.62. The molecule has 2 aromatic carbocycles. The maximum Gasteiger partial charge on any atom is 2.00 e. The summed E-state index contributed by atoms with van der Waals surface area (Å²) in [5, 5.41) is 1.82. The molecule has 9 heteroatoms. The molecule has 2 aliphatic carbocycles. The minimum atomic E-state index is -4.44. The van der Waals surface area contributed by atoms with Crippen LogP contribution in [-0.4, -0.2) is 21.6 Å². The Morgan fingerprint density at radius 1 is 0.622 bits per heavy atom. The van der Waals surface area contributed by atoms with Gasteiger partial charge in [0.15, 0.2) is 0 Å². The molecule has 0 spiro atoms. The maximum atomic E-state index is 13.3. The van der Waals surface area contributed by atoms with Crippen LogP contribution in [0.3, 0.4) is 0 Å². The molecule has 0 aromatic heterocycles.